The first-order valence-electron chi connectivity index (χ1n) is 11.5. The predicted molar refractivity (Wildman–Crippen MR) is 124 cm³/mol. The molecule has 0 radical (unpaired) electrons. The summed E-state index contributed by atoms with van der Waals surface area (Å²) < 4.78 is 5.46. The Labute approximate surface area is 189 Å². The van der Waals surface area contributed by atoms with E-state index in [0.717, 1.165) is 44.1 Å². The van der Waals surface area contributed by atoms with E-state index in [1.165, 1.54) is 0 Å². The molecular formula is C25H32N4O3. The fraction of sp³-hybridized carbons (Fsp3) is 0.440. The number of benzene rings is 2. The molecule has 0 aliphatic carbocycles. The Morgan fingerprint density at radius 1 is 0.906 bits per heavy atom. The Morgan fingerprint density at radius 3 is 2.19 bits per heavy atom. The topological polar surface area (TPSA) is 73.9 Å². The molecule has 7 nitrogen and oxygen atoms in total. The van der Waals surface area contributed by atoms with Crippen molar-refractivity contribution in [3.8, 4) is 0 Å². The lowest BCUT2D eigenvalue weighted by Crippen LogP contribution is -2.47. The van der Waals surface area contributed by atoms with Crippen LogP contribution in [0.25, 0.3) is 0 Å². The van der Waals surface area contributed by atoms with Crippen molar-refractivity contribution < 1.29 is 14.3 Å². The summed E-state index contributed by atoms with van der Waals surface area (Å²) in [4.78, 5) is 29.8. The molecule has 2 heterocycles. The number of carbonyl (C=O) groups is 2. The number of nitrogens with one attached hydrogen (secondary N) is 2. The molecule has 2 fully saturated rings. The average Bonchev–Trinajstić information content (AvgIpc) is 2.85. The van der Waals surface area contributed by atoms with Crippen molar-refractivity contribution in [1.29, 1.82) is 0 Å². The molecule has 0 aromatic heterocycles. The molecule has 0 saturated carbocycles. The van der Waals surface area contributed by atoms with Crippen molar-refractivity contribution in [2.75, 3.05) is 51.3 Å². The quantitative estimate of drug-likeness (QED) is 0.730. The molecule has 4 rings (SSSR count). The SMILES string of the molecule is O=C(N[C@H](CN1CCOCC1)c1ccccc1)C1CCN(C(=O)Nc2ccccc2)CC1. The Balaban J connectivity index is 1.31. The average molecular weight is 437 g/mol. The molecule has 2 aliphatic heterocycles. The number of hydrogen-bond donors (Lipinski definition) is 2. The largest absolute Gasteiger partial charge is 0.379 e. The Kier molecular flexibility index (Phi) is 7.74. The maximum absolute atomic E-state index is 13.1. The van der Waals surface area contributed by atoms with E-state index < -0.39 is 0 Å². The minimum absolute atomic E-state index is 0.0544. The van der Waals surface area contributed by atoms with Gasteiger partial charge in [-0.25, -0.2) is 4.79 Å². The summed E-state index contributed by atoms with van der Waals surface area (Å²) in [7, 11) is 0. The number of carbonyl (C=O) groups excluding carboxylic acids is 2. The van der Waals surface area contributed by atoms with Crippen molar-refractivity contribution in [2.24, 2.45) is 5.92 Å². The summed E-state index contributed by atoms with van der Waals surface area (Å²) in [5.41, 5.74) is 1.90. The second kappa shape index (κ2) is 11.1. The lowest BCUT2D eigenvalue weighted by molar-refractivity contribution is -0.127. The summed E-state index contributed by atoms with van der Waals surface area (Å²) in [5, 5.41) is 6.22. The third-order valence-corrected chi connectivity index (χ3v) is 6.24. The molecule has 7 heteroatoms. The van der Waals surface area contributed by atoms with Crippen LogP contribution in [0.2, 0.25) is 0 Å². The molecule has 2 aromatic carbocycles. The van der Waals surface area contributed by atoms with Crippen LogP contribution in [0.5, 0.6) is 0 Å². The van der Waals surface area contributed by atoms with Gasteiger partial charge in [-0.15, -0.1) is 0 Å². The monoisotopic (exact) mass is 436 g/mol. The minimum Gasteiger partial charge on any atom is -0.379 e. The van der Waals surface area contributed by atoms with E-state index in [4.69, 9.17) is 4.74 Å². The number of nitrogens with zero attached hydrogens (tertiary/aromatic N) is 2. The Hall–Kier alpha value is -2.90. The summed E-state index contributed by atoms with van der Waals surface area (Å²) in [5.74, 6) is 0.00177. The third-order valence-electron chi connectivity index (χ3n) is 6.24. The highest BCUT2D eigenvalue weighted by molar-refractivity contribution is 5.89. The molecule has 0 spiro atoms. The number of para-hydroxylation sites is 1. The van der Waals surface area contributed by atoms with Crippen LogP contribution in [0.15, 0.2) is 60.7 Å². The molecule has 2 saturated heterocycles. The van der Waals surface area contributed by atoms with Crippen molar-refractivity contribution in [1.82, 2.24) is 15.1 Å². The van der Waals surface area contributed by atoms with Crippen molar-refractivity contribution in [3.05, 3.63) is 66.2 Å². The highest BCUT2D eigenvalue weighted by Gasteiger charge is 2.29. The van der Waals surface area contributed by atoms with Crippen LogP contribution in [-0.4, -0.2) is 67.7 Å². The molecule has 0 bridgehead atoms. The number of hydrogen-bond acceptors (Lipinski definition) is 4. The van der Waals surface area contributed by atoms with Gasteiger partial charge in [0.1, 0.15) is 0 Å². The normalized spacial score (nSPS) is 18.7. The van der Waals surface area contributed by atoms with Crippen molar-refractivity contribution >= 4 is 17.6 Å². The van der Waals surface area contributed by atoms with Gasteiger partial charge in [-0.1, -0.05) is 48.5 Å². The zero-order chi connectivity index (χ0) is 22.2. The van der Waals surface area contributed by atoms with Gasteiger partial charge in [0, 0.05) is 44.3 Å². The van der Waals surface area contributed by atoms with Gasteiger partial charge in [0.15, 0.2) is 0 Å². The van der Waals surface area contributed by atoms with Gasteiger partial charge >= 0.3 is 6.03 Å². The molecule has 1 atom stereocenters. The maximum atomic E-state index is 13.1. The van der Waals surface area contributed by atoms with Gasteiger partial charge in [-0.3, -0.25) is 9.69 Å². The van der Waals surface area contributed by atoms with Crippen LogP contribution in [-0.2, 0) is 9.53 Å². The van der Waals surface area contributed by atoms with E-state index in [2.05, 4.69) is 27.7 Å². The smallest absolute Gasteiger partial charge is 0.321 e. The van der Waals surface area contributed by atoms with Gasteiger partial charge in [-0.05, 0) is 30.5 Å². The predicted octanol–water partition coefficient (Wildman–Crippen LogP) is 3.12. The zero-order valence-corrected chi connectivity index (χ0v) is 18.4. The van der Waals surface area contributed by atoms with Gasteiger partial charge in [0.05, 0.1) is 19.3 Å². The first-order chi connectivity index (χ1) is 15.7. The first-order valence-corrected chi connectivity index (χ1v) is 11.5. The molecular weight excluding hydrogens is 404 g/mol. The van der Waals surface area contributed by atoms with Crippen LogP contribution in [0, 0.1) is 5.92 Å². The van der Waals surface area contributed by atoms with E-state index in [-0.39, 0.29) is 23.9 Å². The van der Waals surface area contributed by atoms with Gasteiger partial charge in [-0.2, -0.15) is 0 Å². The van der Waals surface area contributed by atoms with Crippen molar-refractivity contribution in [2.45, 2.75) is 18.9 Å². The molecule has 2 aliphatic rings. The van der Waals surface area contributed by atoms with Crippen LogP contribution in [0.4, 0.5) is 10.5 Å². The van der Waals surface area contributed by atoms with E-state index >= 15 is 0 Å². The number of amides is 3. The lowest BCUT2D eigenvalue weighted by Gasteiger charge is -2.34. The highest BCUT2D eigenvalue weighted by Crippen LogP contribution is 2.21. The zero-order valence-electron chi connectivity index (χ0n) is 18.4. The van der Waals surface area contributed by atoms with Gasteiger partial charge < -0.3 is 20.3 Å². The minimum atomic E-state index is -0.107. The summed E-state index contributed by atoms with van der Waals surface area (Å²) in [6.07, 6.45) is 1.35. The summed E-state index contributed by atoms with van der Waals surface area (Å²) in [6, 6.07) is 19.4. The standard InChI is InChI=1S/C25H32N4O3/c30-24(21-11-13-29(14-12-21)25(31)26-22-9-5-2-6-10-22)27-23(20-7-3-1-4-8-20)19-28-15-17-32-18-16-28/h1-10,21,23H,11-19H2,(H,26,31)(H,27,30)/t23-/m1/s1. The lowest BCUT2D eigenvalue weighted by atomic mass is 9.95. The van der Waals surface area contributed by atoms with E-state index in [1.807, 2.05) is 48.5 Å². The number of rotatable bonds is 6. The fourth-order valence-electron chi connectivity index (χ4n) is 4.32. The number of urea groups is 1. The van der Waals surface area contributed by atoms with E-state index in [0.29, 0.717) is 25.9 Å². The molecule has 2 N–H and O–H groups in total. The maximum Gasteiger partial charge on any atom is 0.321 e. The van der Waals surface area contributed by atoms with Crippen LogP contribution < -0.4 is 10.6 Å². The molecule has 0 unspecified atom stereocenters. The second-order valence-corrected chi connectivity index (χ2v) is 8.44. The first kappa shape index (κ1) is 22.3. The number of piperidine rings is 1. The number of anilines is 1. The number of morpholine rings is 1. The van der Waals surface area contributed by atoms with Crippen LogP contribution in [0.3, 0.4) is 0 Å². The summed E-state index contributed by atoms with van der Waals surface area (Å²) in [6.45, 7) is 5.17. The molecule has 2 aromatic rings. The summed E-state index contributed by atoms with van der Waals surface area (Å²) >= 11 is 0. The van der Waals surface area contributed by atoms with Crippen molar-refractivity contribution in [3.63, 3.8) is 0 Å². The Morgan fingerprint density at radius 2 is 1.53 bits per heavy atom. The van der Waals surface area contributed by atoms with Gasteiger partial charge in [0.25, 0.3) is 0 Å². The van der Waals surface area contributed by atoms with Gasteiger partial charge in [0.2, 0.25) is 5.91 Å². The van der Waals surface area contributed by atoms with E-state index in [9.17, 15) is 9.59 Å². The molecule has 3 amide bonds. The Bertz CT molecular complexity index is 863. The number of likely N-dealkylation sites (tertiary alicyclic amines) is 1. The fourth-order valence-corrected chi connectivity index (χ4v) is 4.32. The van der Waals surface area contributed by atoms with Crippen LogP contribution in [0.1, 0.15) is 24.4 Å². The third kappa shape index (κ3) is 6.08. The van der Waals surface area contributed by atoms with E-state index in [1.54, 1.807) is 4.90 Å². The molecule has 170 valence electrons. The highest BCUT2D eigenvalue weighted by atomic mass is 16.5. The second-order valence-electron chi connectivity index (χ2n) is 8.44. The van der Waals surface area contributed by atoms with Crippen LogP contribution >= 0.6 is 0 Å². The number of ether oxygens (including phenoxy) is 1. The molecule has 32 heavy (non-hydrogen) atoms.